The zero-order chi connectivity index (χ0) is 10.4. The average molecular weight is 191 g/mol. The number of phenolic OH excluding ortho intramolecular Hbond substituents is 1. The van der Waals surface area contributed by atoms with E-state index in [-0.39, 0.29) is 11.7 Å². The molecule has 0 aliphatic carbocycles. The highest BCUT2D eigenvalue weighted by molar-refractivity contribution is 5.31. The first-order valence-corrected chi connectivity index (χ1v) is 4.45. The van der Waals surface area contributed by atoms with Gasteiger partial charge in [0.1, 0.15) is 5.75 Å². The minimum Gasteiger partial charge on any atom is -0.508 e. The van der Waals surface area contributed by atoms with Crippen LogP contribution in [0.4, 0.5) is 0 Å². The Bertz CT molecular complexity index is 313. The van der Waals surface area contributed by atoms with Crippen LogP contribution < -0.4 is 0 Å². The molecule has 1 aromatic carbocycles. The maximum Gasteiger partial charge on any atom is 0.115 e. The summed E-state index contributed by atoms with van der Waals surface area (Å²) in [5.41, 5.74) is 0.919. The van der Waals surface area contributed by atoms with E-state index < -0.39 is 0 Å². The van der Waals surface area contributed by atoms with Crippen LogP contribution in [0.15, 0.2) is 24.3 Å². The van der Waals surface area contributed by atoms with E-state index in [1.54, 1.807) is 31.4 Å². The highest BCUT2D eigenvalue weighted by atomic mass is 16.5. The molecule has 0 aromatic heterocycles. The predicted octanol–water partition coefficient (Wildman–Crippen LogP) is 2.04. The number of nitriles is 1. The molecule has 1 unspecified atom stereocenters. The Balaban J connectivity index is 2.70. The summed E-state index contributed by atoms with van der Waals surface area (Å²) in [6.07, 6.45) is 0.678. The van der Waals surface area contributed by atoms with Crippen molar-refractivity contribution >= 4 is 0 Å². The lowest BCUT2D eigenvalue weighted by Gasteiger charge is -2.08. The second-order valence-electron chi connectivity index (χ2n) is 3.05. The molecule has 1 atom stereocenters. The zero-order valence-corrected chi connectivity index (χ0v) is 8.10. The van der Waals surface area contributed by atoms with E-state index >= 15 is 0 Å². The molecule has 0 spiro atoms. The summed E-state index contributed by atoms with van der Waals surface area (Å²) in [6, 6.07) is 8.92. The molecule has 0 heterocycles. The first-order valence-electron chi connectivity index (χ1n) is 4.45. The summed E-state index contributed by atoms with van der Waals surface area (Å²) in [5, 5.41) is 18.0. The third-order valence-corrected chi connectivity index (χ3v) is 2.06. The van der Waals surface area contributed by atoms with Crippen molar-refractivity contribution in [3.63, 3.8) is 0 Å². The number of aromatic hydroxyl groups is 1. The molecule has 3 heteroatoms. The van der Waals surface area contributed by atoms with Gasteiger partial charge in [-0.3, -0.25) is 0 Å². The van der Waals surface area contributed by atoms with E-state index in [9.17, 15) is 0 Å². The van der Waals surface area contributed by atoms with Gasteiger partial charge in [-0.1, -0.05) is 12.1 Å². The summed E-state index contributed by atoms with van der Waals surface area (Å²) in [7, 11) is 1.62. The molecule has 0 saturated carbocycles. The number of phenols is 1. The molecule has 74 valence electrons. The Labute approximate surface area is 83.6 Å². The van der Waals surface area contributed by atoms with Gasteiger partial charge in [0.15, 0.2) is 0 Å². The summed E-state index contributed by atoms with van der Waals surface area (Å²) in [4.78, 5) is 0. The van der Waals surface area contributed by atoms with Gasteiger partial charge in [0, 0.05) is 13.7 Å². The number of nitrogens with zero attached hydrogens (tertiary/aromatic N) is 1. The van der Waals surface area contributed by atoms with Gasteiger partial charge in [-0.25, -0.2) is 0 Å². The van der Waals surface area contributed by atoms with Gasteiger partial charge in [0.2, 0.25) is 0 Å². The second kappa shape index (κ2) is 5.25. The highest BCUT2D eigenvalue weighted by Gasteiger charge is 2.09. The van der Waals surface area contributed by atoms with Gasteiger partial charge in [-0.2, -0.15) is 5.26 Å². The van der Waals surface area contributed by atoms with Gasteiger partial charge in [0.05, 0.1) is 12.0 Å². The van der Waals surface area contributed by atoms with E-state index in [2.05, 4.69) is 6.07 Å². The standard InChI is InChI=1S/C11H13NO2/c1-14-7-6-10(8-12)9-2-4-11(13)5-3-9/h2-5,10,13H,6-7H2,1H3. The molecule has 0 amide bonds. The number of hydrogen-bond donors (Lipinski definition) is 1. The van der Waals surface area contributed by atoms with Crippen LogP contribution in [0.5, 0.6) is 5.75 Å². The van der Waals surface area contributed by atoms with Crippen LogP contribution in [0.1, 0.15) is 17.9 Å². The van der Waals surface area contributed by atoms with Crippen molar-refractivity contribution in [1.29, 1.82) is 5.26 Å². The average Bonchev–Trinajstić information content (AvgIpc) is 2.21. The molecule has 0 radical (unpaired) electrons. The number of methoxy groups -OCH3 is 1. The molecular weight excluding hydrogens is 178 g/mol. The maximum absolute atomic E-state index is 9.08. The van der Waals surface area contributed by atoms with Crippen molar-refractivity contribution in [1.82, 2.24) is 0 Å². The van der Waals surface area contributed by atoms with Gasteiger partial charge < -0.3 is 9.84 Å². The normalized spacial score (nSPS) is 12.0. The lowest BCUT2D eigenvalue weighted by molar-refractivity contribution is 0.192. The van der Waals surface area contributed by atoms with E-state index in [0.717, 1.165) is 5.56 Å². The Morgan fingerprint density at radius 3 is 2.57 bits per heavy atom. The van der Waals surface area contributed by atoms with Crippen LogP contribution in [0.3, 0.4) is 0 Å². The van der Waals surface area contributed by atoms with Crippen molar-refractivity contribution in [3.05, 3.63) is 29.8 Å². The lowest BCUT2D eigenvalue weighted by Crippen LogP contribution is -2.00. The van der Waals surface area contributed by atoms with E-state index in [4.69, 9.17) is 15.1 Å². The van der Waals surface area contributed by atoms with Crippen LogP contribution in [0.25, 0.3) is 0 Å². The quantitative estimate of drug-likeness (QED) is 0.792. The Morgan fingerprint density at radius 1 is 1.43 bits per heavy atom. The second-order valence-corrected chi connectivity index (χ2v) is 3.05. The molecule has 3 nitrogen and oxygen atoms in total. The van der Waals surface area contributed by atoms with Crippen molar-refractivity contribution < 1.29 is 9.84 Å². The Morgan fingerprint density at radius 2 is 2.07 bits per heavy atom. The Hall–Kier alpha value is -1.53. The fourth-order valence-electron chi connectivity index (χ4n) is 1.25. The zero-order valence-electron chi connectivity index (χ0n) is 8.10. The summed E-state index contributed by atoms with van der Waals surface area (Å²) in [5.74, 6) is 0.0627. The smallest absolute Gasteiger partial charge is 0.115 e. The van der Waals surface area contributed by atoms with Crippen LogP contribution >= 0.6 is 0 Å². The summed E-state index contributed by atoms with van der Waals surface area (Å²) < 4.78 is 4.92. The summed E-state index contributed by atoms with van der Waals surface area (Å²) in [6.45, 7) is 0.569. The number of ether oxygens (including phenoxy) is 1. The molecular formula is C11H13NO2. The third kappa shape index (κ3) is 2.75. The SMILES string of the molecule is COCCC(C#N)c1ccc(O)cc1. The van der Waals surface area contributed by atoms with Crippen molar-refractivity contribution in [2.24, 2.45) is 0 Å². The van der Waals surface area contributed by atoms with Gasteiger partial charge in [0.25, 0.3) is 0 Å². The molecule has 0 fully saturated rings. The van der Waals surface area contributed by atoms with Crippen molar-refractivity contribution in [2.45, 2.75) is 12.3 Å². The molecule has 1 rings (SSSR count). The minimum atomic E-state index is -0.157. The fraction of sp³-hybridized carbons (Fsp3) is 0.364. The molecule has 1 N–H and O–H groups in total. The van der Waals surface area contributed by atoms with Crippen molar-refractivity contribution in [2.75, 3.05) is 13.7 Å². The van der Waals surface area contributed by atoms with Crippen LogP contribution in [0, 0.1) is 11.3 Å². The molecule has 0 aliphatic rings. The number of hydrogen-bond acceptors (Lipinski definition) is 3. The first-order chi connectivity index (χ1) is 6.77. The lowest BCUT2D eigenvalue weighted by atomic mass is 9.98. The highest BCUT2D eigenvalue weighted by Crippen LogP contribution is 2.20. The number of rotatable bonds is 4. The topological polar surface area (TPSA) is 53.2 Å². The fourth-order valence-corrected chi connectivity index (χ4v) is 1.25. The maximum atomic E-state index is 9.08. The van der Waals surface area contributed by atoms with E-state index in [1.165, 1.54) is 0 Å². The predicted molar refractivity (Wildman–Crippen MR) is 53.0 cm³/mol. The molecule has 0 saturated heterocycles. The molecule has 0 bridgehead atoms. The Kier molecular flexibility index (Phi) is 3.96. The molecule has 1 aromatic rings. The van der Waals surface area contributed by atoms with Gasteiger partial charge >= 0.3 is 0 Å². The van der Waals surface area contributed by atoms with Crippen LogP contribution in [-0.2, 0) is 4.74 Å². The largest absolute Gasteiger partial charge is 0.508 e. The number of benzene rings is 1. The van der Waals surface area contributed by atoms with Crippen molar-refractivity contribution in [3.8, 4) is 11.8 Å². The van der Waals surface area contributed by atoms with Crippen LogP contribution in [0.2, 0.25) is 0 Å². The monoisotopic (exact) mass is 191 g/mol. The first kappa shape index (κ1) is 10.6. The van der Waals surface area contributed by atoms with Crippen LogP contribution in [-0.4, -0.2) is 18.8 Å². The van der Waals surface area contributed by atoms with Gasteiger partial charge in [-0.15, -0.1) is 0 Å². The summed E-state index contributed by atoms with van der Waals surface area (Å²) >= 11 is 0. The van der Waals surface area contributed by atoms with Gasteiger partial charge in [-0.05, 0) is 24.1 Å². The van der Waals surface area contributed by atoms with E-state index in [1.807, 2.05) is 0 Å². The molecule has 14 heavy (non-hydrogen) atoms. The van der Waals surface area contributed by atoms with E-state index in [0.29, 0.717) is 13.0 Å². The minimum absolute atomic E-state index is 0.157. The molecule has 0 aliphatic heterocycles. The third-order valence-electron chi connectivity index (χ3n) is 2.06.